The minimum Gasteiger partial charge on any atom is -0.463 e. The molecule has 4 rings (SSSR count). The standard InChI is InChI=1S/C26H25FN2O3S/c1-5-32-25(31)22-16(4)28-26-29(23(22)19-10-12-20(27)13-11-19)24(30)21(33-26)14-17-6-8-18(9-7-17)15(2)3/h6-15,23H,5H2,1-4H3/b21-14-/t23-/m0/s1. The summed E-state index contributed by atoms with van der Waals surface area (Å²) in [6, 6.07) is 13.1. The summed E-state index contributed by atoms with van der Waals surface area (Å²) in [5, 5.41) is 0. The van der Waals surface area contributed by atoms with Gasteiger partial charge in [0.05, 0.1) is 28.5 Å². The van der Waals surface area contributed by atoms with E-state index in [0.717, 1.165) is 5.56 Å². The molecule has 0 unspecified atom stereocenters. The molecule has 33 heavy (non-hydrogen) atoms. The molecule has 0 aliphatic carbocycles. The van der Waals surface area contributed by atoms with Gasteiger partial charge in [-0.25, -0.2) is 14.2 Å². The Balaban J connectivity index is 1.90. The van der Waals surface area contributed by atoms with Gasteiger partial charge in [-0.15, -0.1) is 0 Å². The van der Waals surface area contributed by atoms with Gasteiger partial charge in [-0.3, -0.25) is 9.36 Å². The fraction of sp³-hybridized carbons (Fsp3) is 0.269. The summed E-state index contributed by atoms with van der Waals surface area (Å²) in [6.45, 7) is 7.91. The van der Waals surface area contributed by atoms with Gasteiger partial charge in [0, 0.05) is 0 Å². The monoisotopic (exact) mass is 464 g/mol. The zero-order valence-corrected chi connectivity index (χ0v) is 19.8. The molecule has 1 aliphatic heterocycles. The second kappa shape index (κ2) is 9.27. The molecule has 3 aromatic rings. The van der Waals surface area contributed by atoms with Crippen molar-refractivity contribution < 1.29 is 13.9 Å². The van der Waals surface area contributed by atoms with Crippen molar-refractivity contribution in [3.63, 3.8) is 0 Å². The van der Waals surface area contributed by atoms with Crippen molar-refractivity contribution in [3.8, 4) is 0 Å². The van der Waals surface area contributed by atoms with Crippen molar-refractivity contribution in [2.45, 2.75) is 39.7 Å². The maximum atomic E-state index is 13.6. The van der Waals surface area contributed by atoms with Gasteiger partial charge in [-0.1, -0.05) is 61.6 Å². The van der Waals surface area contributed by atoms with Crippen LogP contribution >= 0.6 is 11.3 Å². The lowest BCUT2D eigenvalue weighted by atomic mass is 9.96. The highest BCUT2D eigenvalue weighted by Gasteiger charge is 2.33. The van der Waals surface area contributed by atoms with E-state index in [1.54, 1.807) is 26.0 Å². The Hall–Kier alpha value is -3.32. The van der Waals surface area contributed by atoms with E-state index in [1.165, 1.54) is 33.6 Å². The number of benzene rings is 2. The second-order valence-electron chi connectivity index (χ2n) is 8.18. The van der Waals surface area contributed by atoms with E-state index < -0.39 is 17.8 Å². The largest absolute Gasteiger partial charge is 0.463 e. The number of hydrogen-bond donors (Lipinski definition) is 0. The average Bonchev–Trinajstić information content (AvgIpc) is 3.08. The highest BCUT2D eigenvalue weighted by Crippen LogP contribution is 2.30. The smallest absolute Gasteiger partial charge is 0.338 e. The SMILES string of the molecule is CCOC(=O)C1=C(C)N=c2s/c(=C\c3ccc(C(C)C)cc3)c(=O)n2[C@H]1c1ccc(F)cc1. The molecule has 0 saturated heterocycles. The number of hydrogen-bond acceptors (Lipinski definition) is 5. The summed E-state index contributed by atoms with van der Waals surface area (Å²) in [4.78, 5) is 31.4. The fourth-order valence-corrected chi connectivity index (χ4v) is 4.93. The summed E-state index contributed by atoms with van der Waals surface area (Å²) in [5.41, 5.74) is 3.25. The van der Waals surface area contributed by atoms with E-state index in [4.69, 9.17) is 4.74 Å². The number of carbonyl (C=O) groups is 1. The van der Waals surface area contributed by atoms with Gasteiger partial charge in [0.2, 0.25) is 0 Å². The third-order valence-corrected chi connectivity index (χ3v) is 6.59. The summed E-state index contributed by atoms with van der Waals surface area (Å²) < 4.78 is 20.9. The molecule has 0 spiro atoms. The van der Waals surface area contributed by atoms with E-state index >= 15 is 0 Å². The molecule has 0 bridgehead atoms. The molecule has 1 aliphatic rings. The van der Waals surface area contributed by atoms with Gasteiger partial charge in [-0.2, -0.15) is 0 Å². The Morgan fingerprint density at radius 1 is 1.18 bits per heavy atom. The van der Waals surface area contributed by atoms with E-state index in [-0.39, 0.29) is 17.7 Å². The number of carbonyl (C=O) groups excluding carboxylic acids is 1. The Morgan fingerprint density at radius 3 is 2.45 bits per heavy atom. The Labute approximate surface area is 195 Å². The average molecular weight is 465 g/mol. The maximum Gasteiger partial charge on any atom is 0.338 e. The normalized spacial score (nSPS) is 16.1. The van der Waals surface area contributed by atoms with Gasteiger partial charge in [0.1, 0.15) is 5.82 Å². The third-order valence-electron chi connectivity index (χ3n) is 5.60. The lowest BCUT2D eigenvalue weighted by Crippen LogP contribution is -2.39. The van der Waals surface area contributed by atoms with Crippen LogP contribution < -0.4 is 14.9 Å². The highest BCUT2D eigenvalue weighted by molar-refractivity contribution is 7.07. The number of rotatable bonds is 5. The minimum absolute atomic E-state index is 0.197. The molecule has 0 amide bonds. The first-order valence-corrected chi connectivity index (χ1v) is 11.7. The molecule has 2 heterocycles. The molecule has 1 aromatic heterocycles. The maximum absolute atomic E-state index is 13.6. The fourth-order valence-electron chi connectivity index (χ4n) is 3.88. The van der Waals surface area contributed by atoms with Crippen LogP contribution in [0.1, 0.15) is 56.3 Å². The third kappa shape index (κ3) is 4.46. The van der Waals surface area contributed by atoms with Crippen LogP contribution in [0.2, 0.25) is 0 Å². The quantitative estimate of drug-likeness (QED) is 0.535. The van der Waals surface area contributed by atoms with Crippen molar-refractivity contribution in [1.82, 2.24) is 4.57 Å². The molecule has 5 nitrogen and oxygen atoms in total. The van der Waals surface area contributed by atoms with Gasteiger partial charge < -0.3 is 4.74 Å². The summed E-state index contributed by atoms with van der Waals surface area (Å²) in [6.07, 6.45) is 1.83. The van der Waals surface area contributed by atoms with Crippen molar-refractivity contribution in [3.05, 3.63) is 102 Å². The summed E-state index contributed by atoms with van der Waals surface area (Å²) >= 11 is 1.27. The van der Waals surface area contributed by atoms with Crippen molar-refractivity contribution in [2.75, 3.05) is 6.61 Å². The van der Waals surface area contributed by atoms with E-state index in [9.17, 15) is 14.0 Å². The van der Waals surface area contributed by atoms with Crippen LogP contribution in [0.4, 0.5) is 4.39 Å². The number of fused-ring (bicyclic) bond motifs is 1. The molecular formula is C26H25FN2O3S. The van der Waals surface area contributed by atoms with Gasteiger partial charge in [-0.05, 0) is 54.7 Å². The zero-order chi connectivity index (χ0) is 23.7. The molecule has 7 heteroatoms. The van der Waals surface area contributed by atoms with E-state index in [1.807, 2.05) is 18.2 Å². The highest BCUT2D eigenvalue weighted by atomic mass is 32.1. The number of allylic oxidation sites excluding steroid dienone is 1. The Morgan fingerprint density at radius 2 is 1.85 bits per heavy atom. The number of aromatic nitrogens is 1. The van der Waals surface area contributed by atoms with E-state index in [0.29, 0.717) is 26.5 Å². The summed E-state index contributed by atoms with van der Waals surface area (Å²) in [5.74, 6) is -0.509. The molecule has 0 N–H and O–H groups in total. The van der Waals surface area contributed by atoms with Crippen molar-refractivity contribution in [1.29, 1.82) is 0 Å². The number of esters is 1. The van der Waals surface area contributed by atoms with Gasteiger partial charge >= 0.3 is 5.97 Å². The molecule has 0 radical (unpaired) electrons. The first kappa shape index (κ1) is 22.9. The van der Waals surface area contributed by atoms with Crippen LogP contribution in [0.3, 0.4) is 0 Å². The number of nitrogens with zero attached hydrogens (tertiary/aromatic N) is 2. The number of ether oxygens (including phenoxy) is 1. The van der Waals surface area contributed by atoms with Gasteiger partial charge in [0.25, 0.3) is 5.56 Å². The number of halogens is 1. The Bertz CT molecular complexity index is 1400. The topological polar surface area (TPSA) is 60.7 Å². The van der Waals surface area contributed by atoms with Crippen LogP contribution in [-0.2, 0) is 9.53 Å². The van der Waals surface area contributed by atoms with Crippen LogP contribution in [0, 0.1) is 5.82 Å². The van der Waals surface area contributed by atoms with Gasteiger partial charge in [0.15, 0.2) is 4.80 Å². The predicted octanol–water partition coefficient (Wildman–Crippen LogP) is 4.06. The first-order chi connectivity index (χ1) is 15.8. The minimum atomic E-state index is -0.744. The van der Waals surface area contributed by atoms with Crippen molar-refractivity contribution >= 4 is 23.4 Å². The summed E-state index contributed by atoms with van der Waals surface area (Å²) in [7, 11) is 0. The molecular weight excluding hydrogens is 439 g/mol. The lowest BCUT2D eigenvalue weighted by Gasteiger charge is -2.24. The van der Waals surface area contributed by atoms with Crippen molar-refractivity contribution in [2.24, 2.45) is 4.99 Å². The number of thiazole rings is 1. The molecule has 1 atom stereocenters. The molecule has 0 fully saturated rings. The second-order valence-corrected chi connectivity index (χ2v) is 9.18. The van der Waals surface area contributed by atoms with Crippen LogP contribution in [0.25, 0.3) is 6.08 Å². The molecule has 0 saturated carbocycles. The Kier molecular flexibility index (Phi) is 6.42. The first-order valence-electron chi connectivity index (χ1n) is 10.8. The lowest BCUT2D eigenvalue weighted by molar-refractivity contribution is -0.139. The van der Waals surface area contributed by atoms with E-state index in [2.05, 4.69) is 31.0 Å². The van der Waals surface area contributed by atoms with Crippen LogP contribution in [-0.4, -0.2) is 17.1 Å². The van der Waals surface area contributed by atoms with Crippen LogP contribution in [0.15, 0.2) is 69.6 Å². The zero-order valence-electron chi connectivity index (χ0n) is 19.0. The molecule has 170 valence electrons. The van der Waals surface area contributed by atoms with Crippen LogP contribution in [0.5, 0.6) is 0 Å². The molecule has 2 aromatic carbocycles. The predicted molar refractivity (Wildman–Crippen MR) is 127 cm³/mol.